The van der Waals surface area contributed by atoms with Gasteiger partial charge in [0.05, 0.1) is 6.16 Å². The summed E-state index contributed by atoms with van der Waals surface area (Å²) >= 11 is 0. The van der Waals surface area contributed by atoms with E-state index >= 15 is 0 Å². The van der Waals surface area contributed by atoms with Crippen LogP contribution in [0.15, 0.2) is 103 Å². The third-order valence-corrected chi connectivity index (χ3v) is 10.1. The SMILES string of the molecule is Cc1ccc([P+](Cc2ccccc2)(c2ccc(C)cc2)c2ccc(C)cc2)cc1.[I-]. The summed E-state index contributed by atoms with van der Waals surface area (Å²) in [5.74, 6) is 0. The van der Waals surface area contributed by atoms with Crippen molar-refractivity contribution < 1.29 is 24.0 Å². The second-order valence-corrected chi connectivity index (χ2v) is 11.4. The highest BCUT2D eigenvalue weighted by atomic mass is 127. The Morgan fingerprint density at radius 1 is 0.467 bits per heavy atom. The van der Waals surface area contributed by atoms with E-state index in [1.165, 1.54) is 38.2 Å². The summed E-state index contributed by atoms with van der Waals surface area (Å²) in [6.45, 7) is 6.50. The first-order chi connectivity index (χ1) is 14.1. The molecule has 0 atom stereocenters. The molecule has 0 unspecified atom stereocenters. The van der Waals surface area contributed by atoms with Crippen molar-refractivity contribution in [2.24, 2.45) is 0 Å². The van der Waals surface area contributed by atoms with Gasteiger partial charge in [0.25, 0.3) is 0 Å². The van der Waals surface area contributed by atoms with Crippen LogP contribution in [0.5, 0.6) is 0 Å². The maximum Gasteiger partial charge on any atom is 0.116 e. The molecule has 0 radical (unpaired) electrons. The van der Waals surface area contributed by atoms with Crippen LogP contribution in [0.2, 0.25) is 0 Å². The zero-order valence-corrected chi connectivity index (χ0v) is 20.9. The lowest BCUT2D eigenvalue weighted by Crippen LogP contribution is -3.00. The Morgan fingerprint density at radius 2 is 0.800 bits per heavy atom. The molecule has 2 heteroatoms. The molecular weight excluding hydrogens is 494 g/mol. The molecule has 4 aromatic carbocycles. The molecule has 4 rings (SSSR count). The third-order valence-electron chi connectivity index (χ3n) is 5.69. The van der Waals surface area contributed by atoms with Gasteiger partial charge < -0.3 is 24.0 Å². The maximum atomic E-state index is 2.35. The molecule has 0 fully saturated rings. The molecule has 152 valence electrons. The van der Waals surface area contributed by atoms with E-state index in [1.54, 1.807) is 0 Å². The molecule has 30 heavy (non-hydrogen) atoms. The Hall–Kier alpha value is -1.96. The molecule has 0 amide bonds. The Kier molecular flexibility index (Phi) is 7.50. The molecule has 0 aliphatic rings. The Bertz CT molecular complexity index is 955. The summed E-state index contributed by atoms with van der Waals surface area (Å²) in [6, 6.07) is 38.6. The zero-order valence-electron chi connectivity index (χ0n) is 17.8. The van der Waals surface area contributed by atoms with Crippen molar-refractivity contribution in [3.05, 3.63) is 125 Å². The fourth-order valence-corrected chi connectivity index (χ4v) is 8.15. The fraction of sp³-hybridized carbons (Fsp3) is 0.143. The molecule has 0 bridgehead atoms. The van der Waals surface area contributed by atoms with Crippen molar-refractivity contribution in [2.45, 2.75) is 26.9 Å². The highest BCUT2D eigenvalue weighted by molar-refractivity contribution is 7.95. The van der Waals surface area contributed by atoms with Gasteiger partial charge >= 0.3 is 0 Å². The lowest BCUT2D eigenvalue weighted by atomic mass is 10.2. The van der Waals surface area contributed by atoms with Crippen molar-refractivity contribution in [3.8, 4) is 0 Å². The molecular formula is C28H28IP. The van der Waals surface area contributed by atoms with E-state index in [1.807, 2.05) is 0 Å². The van der Waals surface area contributed by atoms with Crippen LogP contribution in [0.1, 0.15) is 22.3 Å². The normalized spacial score (nSPS) is 11.0. The van der Waals surface area contributed by atoms with Gasteiger partial charge in [0, 0.05) is 0 Å². The van der Waals surface area contributed by atoms with E-state index in [4.69, 9.17) is 0 Å². The smallest absolute Gasteiger partial charge is 0.116 e. The molecule has 0 aromatic heterocycles. The minimum Gasteiger partial charge on any atom is -1.00 e. The molecule has 0 saturated carbocycles. The molecule has 0 aliphatic heterocycles. The van der Waals surface area contributed by atoms with Gasteiger partial charge in [-0.3, -0.25) is 0 Å². The molecule has 0 saturated heterocycles. The summed E-state index contributed by atoms with van der Waals surface area (Å²) in [6.07, 6.45) is 1.03. The van der Waals surface area contributed by atoms with Gasteiger partial charge in [-0.1, -0.05) is 83.4 Å². The first-order valence-electron chi connectivity index (χ1n) is 10.2. The highest BCUT2D eigenvalue weighted by Crippen LogP contribution is 2.58. The van der Waals surface area contributed by atoms with Crippen LogP contribution in [0.3, 0.4) is 0 Å². The van der Waals surface area contributed by atoms with E-state index in [0.717, 1.165) is 6.16 Å². The van der Waals surface area contributed by atoms with E-state index in [-0.39, 0.29) is 24.0 Å². The van der Waals surface area contributed by atoms with Gasteiger partial charge in [-0.15, -0.1) is 0 Å². The molecule has 4 aromatic rings. The molecule has 0 spiro atoms. The molecule has 0 nitrogen and oxygen atoms in total. The van der Waals surface area contributed by atoms with E-state index in [0.29, 0.717) is 0 Å². The lowest BCUT2D eigenvalue weighted by Gasteiger charge is -2.28. The Morgan fingerprint density at radius 3 is 1.13 bits per heavy atom. The van der Waals surface area contributed by atoms with Crippen LogP contribution < -0.4 is 39.9 Å². The van der Waals surface area contributed by atoms with Crippen molar-refractivity contribution in [2.75, 3.05) is 0 Å². The summed E-state index contributed by atoms with van der Waals surface area (Å²) in [4.78, 5) is 0. The molecule has 0 N–H and O–H groups in total. The average Bonchev–Trinajstić information content (AvgIpc) is 2.75. The predicted octanol–water partition coefficient (Wildman–Crippen LogP) is 3.11. The number of rotatable bonds is 5. The van der Waals surface area contributed by atoms with Gasteiger partial charge in [0.15, 0.2) is 0 Å². The maximum absolute atomic E-state index is 2.35. The van der Waals surface area contributed by atoms with Crippen molar-refractivity contribution in [3.63, 3.8) is 0 Å². The lowest BCUT2D eigenvalue weighted by molar-refractivity contribution is -0.00000591. The fourth-order valence-electron chi connectivity index (χ4n) is 3.98. The Balaban J connectivity index is 0.00000256. The van der Waals surface area contributed by atoms with Gasteiger partial charge in [-0.2, -0.15) is 0 Å². The van der Waals surface area contributed by atoms with Crippen LogP contribution in [0, 0.1) is 20.8 Å². The van der Waals surface area contributed by atoms with E-state index in [9.17, 15) is 0 Å². The number of halogens is 1. The van der Waals surface area contributed by atoms with Crippen LogP contribution >= 0.6 is 7.26 Å². The second kappa shape index (κ2) is 9.90. The topological polar surface area (TPSA) is 0 Å². The number of hydrogen-bond acceptors (Lipinski definition) is 0. The first kappa shape index (κ1) is 22.7. The molecule has 0 aliphatic carbocycles. The first-order valence-corrected chi connectivity index (χ1v) is 12.2. The van der Waals surface area contributed by atoms with Crippen LogP contribution in [-0.4, -0.2) is 0 Å². The van der Waals surface area contributed by atoms with Crippen LogP contribution in [-0.2, 0) is 6.16 Å². The largest absolute Gasteiger partial charge is 1.00 e. The van der Waals surface area contributed by atoms with Crippen LogP contribution in [0.25, 0.3) is 0 Å². The zero-order chi connectivity index (χ0) is 20.3. The summed E-state index contributed by atoms with van der Waals surface area (Å²) in [5, 5.41) is 4.33. The summed E-state index contributed by atoms with van der Waals surface area (Å²) < 4.78 is 0. The monoisotopic (exact) mass is 522 g/mol. The standard InChI is InChI=1S/C28H28P.HI/c1-22-9-15-26(16-10-22)29(21-25-7-5-4-6-8-25,27-17-11-23(2)12-18-27)28-19-13-24(3)14-20-28;/h4-20H,21H2,1-3H3;1H/q+1;/p-1. The van der Waals surface area contributed by atoms with Gasteiger partial charge in [0.1, 0.15) is 23.2 Å². The van der Waals surface area contributed by atoms with Crippen molar-refractivity contribution in [1.82, 2.24) is 0 Å². The third kappa shape index (κ3) is 4.68. The highest BCUT2D eigenvalue weighted by Gasteiger charge is 2.45. The van der Waals surface area contributed by atoms with Crippen molar-refractivity contribution in [1.29, 1.82) is 0 Å². The van der Waals surface area contributed by atoms with E-state index < -0.39 is 7.26 Å². The van der Waals surface area contributed by atoms with Crippen LogP contribution in [0.4, 0.5) is 0 Å². The van der Waals surface area contributed by atoms with Gasteiger partial charge in [-0.05, 0) is 62.7 Å². The Labute approximate surface area is 198 Å². The number of hydrogen-bond donors (Lipinski definition) is 0. The predicted molar refractivity (Wildman–Crippen MR) is 130 cm³/mol. The minimum absolute atomic E-state index is 0. The second-order valence-electron chi connectivity index (χ2n) is 7.96. The average molecular weight is 522 g/mol. The van der Waals surface area contributed by atoms with E-state index in [2.05, 4.69) is 124 Å². The summed E-state index contributed by atoms with van der Waals surface area (Å²) in [5.41, 5.74) is 5.31. The van der Waals surface area contributed by atoms with Gasteiger partial charge in [-0.25, -0.2) is 0 Å². The minimum atomic E-state index is -1.83. The number of aryl methyl sites for hydroxylation is 3. The summed E-state index contributed by atoms with van der Waals surface area (Å²) in [7, 11) is -1.83. The van der Waals surface area contributed by atoms with Crippen molar-refractivity contribution >= 4 is 23.2 Å². The number of benzene rings is 4. The van der Waals surface area contributed by atoms with Gasteiger partial charge in [0.2, 0.25) is 0 Å². The molecule has 0 heterocycles. The quantitative estimate of drug-likeness (QED) is 0.279.